The summed E-state index contributed by atoms with van der Waals surface area (Å²) in [6.07, 6.45) is 22.2. The van der Waals surface area contributed by atoms with Gasteiger partial charge in [-0.1, -0.05) is 115 Å². The summed E-state index contributed by atoms with van der Waals surface area (Å²) in [4.78, 5) is 45.8. The topological polar surface area (TPSA) is 179 Å². The van der Waals surface area contributed by atoms with Crippen LogP contribution in [-0.2, 0) is 23.9 Å². The van der Waals surface area contributed by atoms with E-state index >= 15 is 0 Å². The number of unbranched alkanes of at least 4 members (excludes halogenated alkanes) is 10. The molecular weight excluding hydrogens is 652 g/mol. The number of carboxylic acids is 1. The molecule has 10 heteroatoms. The number of carboxylic acid groups (broad SMARTS) is 1. The molecule has 51 heavy (non-hydrogen) atoms. The monoisotopic (exact) mass is 722 g/mol. The Morgan fingerprint density at radius 2 is 1.08 bits per heavy atom. The van der Waals surface area contributed by atoms with Crippen LogP contribution in [0.25, 0.3) is 0 Å². The zero-order valence-electron chi connectivity index (χ0n) is 31.8. The number of carbonyl (C=O) groups excluding carboxylic acids is 3. The summed E-state index contributed by atoms with van der Waals surface area (Å²) in [6, 6.07) is 0. The number of aliphatic hydroxyl groups is 4. The van der Waals surface area contributed by atoms with Crippen LogP contribution in [0, 0.1) is 23.7 Å². The first kappa shape index (κ1) is 46.6. The van der Waals surface area contributed by atoms with Crippen molar-refractivity contribution < 1.29 is 49.4 Å². The fourth-order valence-corrected chi connectivity index (χ4v) is 7.18. The predicted octanol–water partition coefficient (Wildman–Crippen LogP) is 7.04. The molecule has 0 spiro atoms. The number of methoxy groups -OCH3 is 1. The van der Waals surface area contributed by atoms with Gasteiger partial charge in [-0.25, -0.2) is 0 Å². The molecule has 5 N–H and O–H groups in total. The quantitative estimate of drug-likeness (QED) is 0.0353. The minimum absolute atomic E-state index is 0.105. The summed E-state index contributed by atoms with van der Waals surface area (Å²) < 4.78 is 4.62. The molecule has 0 heterocycles. The van der Waals surface area contributed by atoms with Crippen molar-refractivity contribution in [1.82, 2.24) is 0 Å². The van der Waals surface area contributed by atoms with E-state index in [9.17, 15) is 39.6 Å². The van der Waals surface area contributed by atoms with Crippen molar-refractivity contribution in [2.45, 2.75) is 180 Å². The van der Waals surface area contributed by atoms with Crippen molar-refractivity contribution in [2.24, 2.45) is 23.7 Å². The Morgan fingerprint density at radius 3 is 1.47 bits per heavy atom. The van der Waals surface area contributed by atoms with Crippen LogP contribution in [0.15, 0.2) is 24.3 Å². The van der Waals surface area contributed by atoms with Crippen molar-refractivity contribution >= 4 is 23.5 Å². The van der Waals surface area contributed by atoms with Gasteiger partial charge in [-0.3, -0.25) is 19.2 Å². The number of hydrogen-bond acceptors (Lipinski definition) is 9. The number of hydrogen-bond donors (Lipinski definition) is 5. The Bertz CT molecular complexity index is 1040. The third-order valence-corrected chi connectivity index (χ3v) is 10.3. The van der Waals surface area contributed by atoms with Crippen molar-refractivity contribution in [3.05, 3.63) is 24.3 Å². The number of rotatable bonds is 26. The molecule has 2 aliphatic carbocycles. The average Bonchev–Trinajstić information content (AvgIpc) is 3.52. The maximum absolute atomic E-state index is 12.2. The van der Waals surface area contributed by atoms with Gasteiger partial charge in [0.25, 0.3) is 0 Å². The highest BCUT2D eigenvalue weighted by molar-refractivity contribution is 5.85. The molecule has 294 valence electrons. The second-order valence-corrected chi connectivity index (χ2v) is 14.6. The summed E-state index contributed by atoms with van der Waals surface area (Å²) in [5.41, 5.74) is 0. The first-order chi connectivity index (χ1) is 24.4. The van der Waals surface area contributed by atoms with Crippen LogP contribution in [0.1, 0.15) is 155 Å². The molecule has 10 nitrogen and oxygen atoms in total. The summed E-state index contributed by atoms with van der Waals surface area (Å²) in [5.74, 6) is -1.42. The lowest BCUT2D eigenvalue weighted by atomic mass is 9.88. The van der Waals surface area contributed by atoms with Gasteiger partial charge in [0.1, 0.15) is 11.6 Å². The van der Waals surface area contributed by atoms with E-state index in [1.54, 1.807) is 12.2 Å². The number of carbonyl (C=O) groups is 4. The first-order valence-electron chi connectivity index (χ1n) is 19.9. The molecule has 2 aliphatic rings. The molecular formula is C41H70O10. The van der Waals surface area contributed by atoms with Gasteiger partial charge in [0, 0.05) is 49.4 Å². The highest BCUT2D eigenvalue weighted by atomic mass is 16.5. The van der Waals surface area contributed by atoms with Crippen LogP contribution < -0.4 is 0 Å². The molecule has 0 bridgehead atoms. The summed E-state index contributed by atoms with van der Waals surface area (Å²) in [5, 5.41) is 48.9. The Hall–Kier alpha value is -2.40. The Morgan fingerprint density at radius 1 is 0.667 bits per heavy atom. The molecule has 0 aliphatic heterocycles. The van der Waals surface area contributed by atoms with Crippen molar-refractivity contribution in [3.8, 4) is 0 Å². The van der Waals surface area contributed by atoms with Crippen LogP contribution in [0.4, 0.5) is 0 Å². The van der Waals surface area contributed by atoms with Crippen LogP contribution in [0.2, 0.25) is 0 Å². The zero-order chi connectivity index (χ0) is 38.0. The van der Waals surface area contributed by atoms with Gasteiger partial charge in [-0.05, 0) is 38.5 Å². The van der Waals surface area contributed by atoms with E-state index < -0.39 is 30.4 Å². The fraction of sp³-hybridized carbons (Fsp3) is 0.805. The molecule has 0 amide bonds. The number of esters is 1. The normalized spacial score (nSPS) is 24.6. The molecule has 0 aromatic rings. The predicted molar refractivity (Wildman–Crippen MR) is 199 cm³/mol. The number of Topliss-reactive ketones (excluding diaryl/α,β-unsaturated/α-hetero) is 2. The number of aliphatic hydroxyl groups excluding tert-OH is 4. The van der Waals surface area contributed by atoms with Gasteiger partial charge in [0.05, 0.1) is 31.5 Å². The minimum atomic E-state index is -0.767. The maximum Gasteiger partial charge on any atom is 0.305 e. The Balaban J connectivity index is 0.000000510. The Labute approximate surface area is 307 Å². The fourth-order valence-electron chi connectivity index (χ4n) is 7.18. The van der Waals surface area contributed by atoms with Gasteiger partial charge in [-0.15, -0.1) is 0 Å². The maximum atomic E-state index is 12.2. The number of ketones is 2. The van der Waals surface area contributed by atoms with E-state index in [0.29, 0.717) is 12.8 Å². The highest BCUT2D eigenvalue weighted by Gasteiger charge is 2.40. The molecule has 0 aromatic heterocycles. The van der Waals surface area contributed by atoms with Crippen LogP contribution >= 0.6 is 0 Å². The third-order valence-electron chi connectivity index (χ3n) is 10.3. The lowest BCUT2D eigenvalue weighted by molar-refractivity contribution is -0.141. The van der Waals surface area contributed by atoms with E-state index in [2.05, 4.69) is 18.6 Å². The van der Waals surface area contributed by atoms with Crippen LogP contribution in [-0.4, -0.2) is 80.6 Å². The van der Waals surface area contributed by atoms with Gasteiger partial charge in [-0.2, -0.15) is 0 Å². The van der Waals surface area contributed by atoms with Crippen molar-refractivity contribution in [3.63, 3.8) is 0 Å². The summed E-state index contributed by atoms with van der Waals surface area (Å²) >= 11 is 0. The van der Waals surface area contributed by atoms with Gasteiger partial charge in [0.2, 0.25) is 0 Å². The van der Waals surface area contributed by atoms with Crippen molar-refractivity contribution in [1.29, 1.82) is 0 Å². The SMILES string of the molecule is CCCCC[C@H](O)/C=C/[C@H]1[C@H](O)CC(=O)[C@@H]1CCCCCCC(=O)O.CCCCC[C@H](O)/C=C/[C@H]1[C@H](O)CC(=O)[C@@H]1CCCCCCC(=O)OC. The second kappa shape index (κ2) is 28.1. The molecule has 2 saturated carbocycles. The lowest BCUT2D eigenvalue weighted by Crippen LogP contribution is -2.19. The van der Waals surface area contributed by atoms with E-state index in [4.69, 9.17) is 5.11 Å². The molecule has 2 rings (SSSR count). The van der Waals surface area contributed by atoms with Gasteiger partial charge >= 0.3 is 11.9 Å². The molecule has 8 atom stereocenters. The van der Waals surface area contributed by atoms with E-state index in [1.165, 1.54) is 7.11 Å². The highest BCUT2D eigenvalue weighted by Crippen LogP contribution is 2.35. The Kier molecular flexibility index (Phi) is 25.7. The average molecular weight is 723 g/mol. The molecule has 2 fully saturated rings. The minimum Gasteiger partial charge on any atom is -0.481 e. The van der Waals surface area contributed by atoms with Crippen molar-refractivity contribution in [2.75, 3.05) is 7.11 Å². The van der Waals surface area contributed by atoms with Crippen LogP contribution in [0.3, 0.4) is 0 Å². The molecule has 0 aromatic carbocycles. The molecule has 0 saturated heterocycles. The molecule has 0 radical (unpaired) electrons. The van der Waals surface area contributed by atoms with E-state index in [-0.39, 0.29) is 60.5 Å². The smallest absolute Gasteiger partial charge is 0.305 e. The summed E-state index contributed by atoms with van der Waals surface area (Å²) in [7, 11) is 1.40. The van der Waals surface area contributed by atoms with E-state index in [0.717, 1.165) is 109 Å². The zero-order valence-corrected chi connectivity index (χ0v) is 31.8. The second-order valence-electron chi connectivity index (χ2n) is 14.6. The first-order valence-corrected chi connectivity index (χ1v) is 19.9. The largest absolute Gasteiger partial charge is 0.481 e. The lowest BCUT2D eigenvalue weighted by Gasteiger charge is -2.18. The number of ether oxygens (including phenoxy) is 1. The standard InChI is InChI=1S/C21H36O5.C20H34O5/c1-3-4-7-10-16(22)13-14-18-17(19(23)15-20(18)24)11-8-5-6-9-12-21(25)26-2;1-2-3-6-9-15(21)12-13-17-16(18(22)14-19(17)23)10-7-4-5-8-11-20(24)25/h13-14,16-18,20,22,24H,3-12,15H2,1-2H3;12-13,15-17,19,21,23H,2-11,14H2,1H3,(H,24,25)/b14-13+;13-12+/t16-,17+,18+,20+;15-,16+,17+,19+/m00/s1. The van der Waals surface area contributed by atoms with E-state index in [1.807, 2.05) is 12.2 Å². The number of aliphatic carboxylic acids is 1. The van der Waals surface area contributed by atoms with Crippen LogP contribution in [0.5, 0.6) is 0 Å². The summed E-state index contributed by atoms with van der Waals surface area (Å²) in [6.45, 7) is 4.25. The van der Waals surface area contributed by atoms with Gasteiger partial charge in [0.15, 0.2) is 0 Å². The van der Waals surface area contributed by atoms with Gasteiger partial charge < -0.3 is 30.3 Å². The third kappa shape index (κ3) is 20.4. The molecule has 0 unspecified atom stereocenters.